The van der Waals surface area contributed by atoms with Gasteiger partial charge in [0.15, 0.2) is 0 Å². The van der Waals surface area contributed by atoms with Crippen molar-refractivity contribution in [2.24, 2.45) is 5.92 Å². The number of hydrogen-bond donors (Lipinski definition) is 1. The van der Waals surface area contributed by atoms with E-state index >= 15 is 0 Å². The molecule has 1 atom stereocenters. The summed E-state index contributed by atoms with van der Waals surface area (Å²) in [5, 5.41) is 9.16. The van der Waals surface area contributed by atoms with E-state index in [1.807, 2.05) is 24.3 Å². The van der Waals surface area contributed by atoms with Gasteiger partial charge in [-0.25, -0.2) is 0 Å². The monoisotopic (exact) mass is 382 g/mol. The van der Waals surface area contributed by atoms with Crippen LogP contribution in [0.1, 0.15) is 62.3 Å². The summed E-state index contributed by atoms with van der Waals surface area (Å²) < 4.78 is 12.2. The first-order valence-corrected chi connectivity index (χ1v) is 9.90. The Bertz CT molecular complexity index is 850. The molecule has 0 saturated heterocycles. The fraction of sp³-hybridized carbons (Fsp3) is 0.458. The van der Waals surface area contributed by atoms with E-state index in [1.165, 1.54) is 11.1 Å². The van der Waals surface area contributed by atoms with Crippen LogP contribution in [-0.4, -0.2) is 16.7 Å². The number of hydrogen-bond acceptors (Lipinski definition) is 3. The average molecular weight is 383 g/mol. The molecule has 0 spiro atoms. The second kappa shape index (κ2) is 7.86. The number of carboxylic acids is 1. The Morgan fingerprint density at radius 1 is 1.21 bits per heavy atom. The first-order valence-electron chi connectivity index (χ1n) is 9.90. The van der Waals surface area contributed by atoms with Crippen LogP contribution < -0.4 is 9.47 Å². The van der Waals surface area contributed by atoms with Crippen LogP contribution in [0.4, 0.5) is 0 Å². The summed E-state index contributed by atoms with van der Waals surface area (Å²) in [7, 11) is 0. The number of fused-ring (bicyclic) bond motifs is 1. The molecule has 0 saturated carbocycles. The van der Waals surface area contributed by atoms with Gasteiger partial charge in [0.2, 0.25) is 0 Å². The van der Waals surface area contributed by atoms with Crippen molar-refractivity contribution in [3.63, 3.8) is 0 Å². The molecule has 1 aliphatic heterocycles. The van der Waals surface area contributed by atoms with Gasteiger partial charge in [0.25, 0.3) is 0 Å². The molecule has 150 valence electrons. The van der Waals surface area contributed by atoms with Crippen molar-refractivity contribution in [3.8, 4) is 11.5 Å². The summed E-state index contributed by atoms with van der Waals surface area (Å²) in [6.07, 6.45) is 1.05. The summed E-state index contributed by atoms with van der Waals surface area (Å²) in [6.45, 7) is 10.9. The fourth-order valence-electron chi connectivity index (χ4n) is 3.97. The molecule has 1 heterocycles. The van der Waals surface area contributed by atoms with E-state index in [-0.39, 0.29) is 23.9 Å². The van der Waals surface area contributed by atoms with Crippen LogP contribution in [0.25, 0.3) is 0 Å². The number of carbonyl (C=O) groups is 1. The zero-order chi connectivity index (χ0) is 20.5. The van der Waals surface area contributed by atoms with E-state index < -0.39 is 5.97 Å². The van der Waals surface area contributed by atoms with Crippen LogP contribution in [0, 0.1) is 12.8 Å². The molecule has 0 aromatic heterocycles. The van der Waals surface area contributed by atoms with E-state index in [1.54, 1.807) is 0 Å². The van der Waals surface area contributed by atoms with Gasteiger partial charge < -0.3 is 14.6 Å². The highest BCUT2D eigenvalue weighted by Crippen LogP contribution is 2.39. The van der Waals surface area contributed by atoms with Gasteiger partial charge in [0.05, 0.1) is 6.42 Å². The van der Waals surface area contributed by atoms with Gasteiger partial charge in [0, 0.05) is 12.0 Å². The molecule has 0 amide bonds. The summed E-state index contributed by atoms with van der Waals surface area (Å²) in [5.74, 6) is 1.22. The third kappa shape index (κ3) is 4.67. The van der Waals surface area contributed by atoms with E-state index in [4.69, 9.17) is 14.6 Å². The minimum Gasteiger partial charge on any atom is -0.489 e. The molecule has 3 rings (SSSR count). The minimum absolute atomic E-state index is 0.00206. The highest BCUT2D eigenvalue weighted by Gasteiger charge is 2.32. The third-order valence-corrected chi connectivity index (χ3v) is 5.28. The quantitative estimate of drug-likeness (QED) is 0.687. The molecule has 0 bridgehead atoms. The Labute approximate surface area is 167 Å². The van der Waals surface area contributed by atoms with Crippen LogP contribution in [0.5, 0.6) is 11.5 Å². The van der Waals surface area contributed by atoms with Crippen molar-refractivity contribution in [2.75, 3.05) is 0 Å². The van der Waals surface area contributed by atoms with Crippen LogP contribution >= 0.6 is 0 Å². The van der Waals surface area contributed by atoms with E-state index in [9.17, 15) is 4.79 Å². The largest absolute Gasteiger partial charge is 0.489 e. The number of carboxylic acid groups (broad SMARTS) is 1. The van der Waals surface area contributed by atoms with Gasteiger partial charge in [-0.3, -0.25) is 4.79 Å². The Morgan fingerprint density at radius 2 is 1.89 bits per heavy atom. The lowest BCUT2D eigenvalue weighted by atomic mass is 9.86. The Balaban J connectivity index is 1.72. The van der Waals surface area contributed by atoms with Gasteiger partial charge in [-0.05, 0) is 61.9 Å². The van der Waals surface area contributed by atoms with Crippen LogP contribution in [0.15, 0.2) is 36.4 Å². The first-order chi connectivity index (χ1) is 13.1. The smallest absolute Gasteiger partial charge is 0.303 e. The van der Waals surface area contributed by atoms with Gasteiger partial charge in [0.1, 0.15) is 23.7 Å². The molecule has 1 aliphatic rings. The van der Waals surface area contributed by atoms with E-state index in [2.05, 4.69) is 46.8 Å². The molecule has 1 unspecified atom stereocenters. The van der Waals surface area contributed by atoms with Gasteiger partial charge in [-0.2, -0.15) is 0 Å². The average Bonchev–Trinajstić information content (AvgIpc) is 2.91. The van der Waals surface area contributed by atoms with Crippen LogP contribution in [-0.2, 0) is 17.8 Å². The lowest BCUT2D eigenvalue weighted by Gasteiger charge is -2.20. The number of aryl methyl sites for hydroxylation is 1. The second-order valence-corrected chi connectivity index (χ2v) is 8.76. The maximum absolute atomic E-state index is 11.1. The molecule has 0 fully saturated rings. The molecule has 28 heavy (non-hydrogen) atoms. The van der Waals surface area contributed by atoms with Gasteiger partial charge in [-0.15, -0.1) is 0 Å². The predicted molar refractivity (Wildman–Crippen MR) is 110 cm³/mol. The Kier molecular flexibility index (Phi) is 5.69. The Morgan fingerprint density at radius 3 is 2.50 bits per heavy atom. The minimum atomic E-state index is -0.768. The zero-order valence-corrected chi connectivity index (χ0v) is 17.4. The number of benzene rings is 2. The molecule has 4 nitrogen and oxygen atoms in total. The molecule has 4 heteroatoms. The normalized spacial score (nSPS) is 15.8. The highest BCUT2D eigenvalue weighted by atomic mass is 16.5. The molecular weight excluding hydrogens is 352 g/mol. The molecular formula is C24H30O4. The van der Waals surface area contributed by atoms with Gasteiger partial charge in [-0.1, -0.05) is 37.6 Å². The summed E-state index contributed by atoms with van der Waals surface area (Å²) in [4.78, 5) is 11.1. The lowest BCUT2D eigenvalue weighted by molar-refractivity contribution is -0.137. The van der Waals surface area contributed by atoms with Crippen molar-refractivity contribution >= 4 is 5.97 Å². The van der Waals surface area contributed by atoms with Gasteiger partial charge >= 0.3 is 5.97 Å². The maximum atomic E-state index is 11.1. The summed E-state index contributed by atoms with van der Waals surface area (Å²) in [6, 6.07) is 12.1. The molecule has 0 aliphatic carbocycles. The SMILES string of the molecule is Cc1cc(COc2ccc(C(CC(=O)O)C(C)C)cc2)c2c(c1)CC(C)(C)O2. The molecule has 1 N–H and O–H groups in total. The fourth-order valence-corrected chi connectivity index (χ4v) is 3.97. The summed E-state index contributed by atoms with van der Waals surface area (Å²) in [5.41, 5.74) is 4.37. The second-order valence-electron chi connectivity index (χ2n) is 8.76. The zero-order valence-electron chi connectivity index (χ0n) is 17.4. The maximum Gasteiger partial charge on any atom is 0.303 e. The summed E-state index contributed by atoms with van der Waals surface area (Å²) >= 11 is 0. The van der Waals surface area contributed by atoms with Crippen molar-refractivity contribution in [1.82, 2.24) is 0 Å². The van der Waals surface area contributed by atoms with E-state index in [0.29, 0.717) is 6.61 Å². The topological polar surface area (TPSA) is 55.8 Å². The van der Waals surface area contributed by atoms with Crippen molar-refractivity contribution in [3.05, 3.63) is 58.7 Å². The first kappa shape index (κ1) is 20.2. The lowest BCUT2D eigenvalue weighted by Crippen LogP contribution is -2.25. The van der Waals surface area contributed by atoms with Crippen molar-refractivity contribution in [2.45, 2.75) is 65.6 Å². The van der Waals surface area contributed by atoms with Crippen LogP contribution in [0.3, 0.4) is 0 Å². The molecule has 2 aromatic rings. The third-order valence-electron chi connectivity index (χ3n) is 5.28. The molecule has 2 aromatic carbocycles. The predicted octanol–water partition coefficient (Wildman–Crippen LogP) is 5.50. The van der Waals surface area contributed by atoms with Crippen LogP contribution in [0.2, 0.25) is 0 Å². The number of ether oxygens (including phenoxy) is 2. The van der Waals surface area contributed by atoms with Crippen molar-refractivity contribution in [1.29, 1.82) is 0 Å². The number of rotatable bonds is 7. The highest BCUT2D eigenvalue weighted by molar-refractivity contribution is 5.68. The number of aliphatic carboxylic acids is 1. The Hall–Kier alpha value is -2.49. The standard InChI is InChI=1S/C24H30O4/c1-15(2)21(12-22(25)26)17-6-8-20(9-7-17)27-14-19-11-16(3)10-18-13-24(4,5)28-23(18)19/h6-11,15,21H,12-14H2,1-5H3,(H,25,26). The molecule has 0 radical (unpaired) electrons. The van der Waals surface area contributed by atoms with E-state index in [0.717, 1.165) is 29.0 Å². The van der Waals surface area contributed by atoms with Crippen molar-refractivity contribution < 1.29 is 19.4 Å².